The van der Waals surface area contributed by atoms with Crippen molar-refractivity contribution < 1.29 is 18.8 Å². The summed E-state index contributed by atoms with van der Waals surface area (Å²) in [5, 5.41) is 0. The first-order chi connectivity index (χ1) is 12.2. The Bertz CT molecular complexity index is 522. The number of alkyl halides is 2. The Labute approximate surface area is 159 Å². The van der Waals surface area contributed by atoms with Crippen LogP contribution in [0.15, 0.2) is 60.7 Å². The minimum absolute atomic E-state index is 0.230. The molecule has 0 aromatic heterocycles. The normalized spacial score (nSPS) is 13.4. The molecule has 2 aromatic rings. The number of ether oxygens (including phenoxy) is 2. The maximum atomic E-state index is 5.98. The Morgan fingerprint density at radius 3 is 1.48 bits per heavy atom. The van der Waals surface area contributed by atoms with Crippen LogP contribution in [-0.4, -0.2) is 32.0 Å². The molecule has 0 spiro atoms. The first kappa shape index (κ1) is 20.2. The number of halogens is 2. The van der Waals surface area contributed by atoms with E-state index in [-0.39, 0.29) is 13.2 Å². The second-order valence-electron chi connectivity index (χ2n) is 5.19. The zero-order valence-electron chi connectivity index (χ0n) is 13.7. The Balaban J connectivity index is 1.48. The van der Waals surface area contributed by atoms with Gasteiger partial charge in [-0.25, -0.2) is 0 Å². The van der Waals surface area contributed by atoms with Crippen molar-refractivity contribution in [3.05, 3.63) is 71.8 Å². The van der Waals surface area contributed by atoms with Gasteiger partial charge in [-0.3, -0.25) is 0 Å². The van der Waals surface area contributed by atoms with E-state index >= 15 is 0 Å². The maximum Gasteiger partial charge on any atom is 0.490 e. The lowest BCUT2D eigenvalue weighted by Crippen LogP contribution is -2.22. The summed E-state index contributed by atoms with van der Waals surface area (Å²) >= 11 is 12.0. The van der Waals surface area contributed by atoms with Gasteiger partial charge in [0.2, 0.25) is 0 Å². The molecule has 2 rings (SSSR count). The van der Waals surface area contributed by atoms with Gasteiger partial charge in [0, 0.05) is 0 Å². The van der Waals surface area contributed by atoms with Gasteiger partial charge >= 0.3 is 7.69 Å². The fourth-order valence-electron chi connectivity index (χ4n) is 1.92. The van der Waals surface area contributed by atoms with Gasteiger partial charge in [-0.05, 0) is 11.1 Å². The maximum absolute atomic E-state index is 5.98. The van der Waals surface area contributed by atoms with Crippen molar-refractivity contribution in [2.24, 2.45) is 0 Å². The highest BCUT2D eigenvalue weighted by Gasteiger charge is 2.11. The Kier molecular flexibility index (Phi) is 9.96. The van der Waals surface area contributed by atoms with E-state index in [2.05, 4.69) is 0 Å². The molecule has 0 aliphatic rings. The van der Waals surface area contributed by atoms with E-state index in [1.165, 1.54) is 0 Å². The topological polar surface area (TPSA) is 36.9 Å². The summed E-state index contributed by atoms with van der Waals surface area (Å²) in [6.45, 7) is 1.40. The molecule has 0 aliphatic carbocycles. The quantitative estimate of drug-likeness (QED) is 0.409. The largest absolute Gasteiger partial charge is 0.490 e. The highest BCUT2D eigenvalue weighted by Crippen LogP contribution is 2.07. The summed E-state index contributed by atoms with van der Waals surface area (Å²) < 4.78 is 21.3. The monoisotopic (exact) mass is 381 g/mol. The molecule has 2 aromatic carbocycles. The molecule has 0 N–H and O–H groups in total. The molecule has 1 radical (unpaired) electrons. The van der Waals surface area contributed by atoms with Gasteiger partial charge < -0.3 is 18.8 Å². The summed E-state index contributed by atoms with van der Waals surface area (Å²) in [6, 6.07) is 19.6. The molecule has 25 heavy (non-hydrogen) atoms. The van der Waals surface area contributed by atoms with Crippen LogP contribution in [0.2, 0.25) is 0 Å². The number of benzene rings is 2. The van der Waals surface area contributed by atoms with Crippen LogP contribution in [0, 0.1) is 0 Å². The molecule has 0 fully saturated rings. The minimum atomic E-state index is -0.655. The van der Waals surface area contributed by atoms with Gasteiger partial charge in [-0.15, -0.1) is 0 Å². The van der Waals surface area contributed by atoms with E-state index in [0.717, 1.165) is 18.8 Å². The smallest absolute Gasteiger partial charge is 0.395 e. The van der Waals surface area contributed by atoms with Crippen LogP contribution in [0.4, 0.5) is 0 Å². The lowest BCUT2D eigenvalue weighted by molar-refractivity contribution is 0.0462. The third-order valence-electron chi connectivity index (χ3n) is 3.13. The molecule has 2 unspecified atom stereocenters. The van der Waals surface area contributed by atoms with Crippen molar-refractivity contribution in [2.45, 2.75) is 24.3 Å². The van der Waals surface area contributed by atoms with Crippen LogP contribution in [0.5, 0.6) is 0 Å². The average molecular weight is 382 g/mol. The van der Waals surface area contributed by atoms with Gasteiger partial charge in [-0.2, -0.15) is 0 Å². The van der Waals surface area contributed by atoms with Crippen molar-refractivity contribution in [1.29, 1.82) is 0 Å². The standard InChI is InChI=1S/C18H20BCl2O4/c20-17(13-22-11-15-7-3-1-4-8-15)24-19-25-18(21)14-23-12-16-9-5-2-6-10-16/h1-10,17-18H,11-14H2. The van der Waals surface area contributed by atoms with Crippen molar-refractivity contribution in [1.82, 2.24) is 0 Å². The van der Waals surface area contributed by atoms with Crippen LogP contribution >= 0.6 is 23.2 Å². The van der Waals surface area contributed by atoms with Crippen molar-refractivity contribution in [3.8, 4) is 0 Å². The predicted molar refractivity (Wildman–Crippen MR) is 99.4 cm³/mol. The van der Waals surface area contributed by atoms with Crippen LogP contribution in [0.1, 0.15) is 11.1 Å². The van der Waals surface area contributed by atoms with E-state index < -0.39 is 11.1 Å². The second kappa shape index (κ2) is 12.3. The van der Waals surface area contributed by atoms with Gasteiger partial charge in [-0.1, -0.05) is 83.9 Å². The van der Waals surface area contributed by atoms with Crippen LogP contribution in [0.3, 0.4) is 0 Å². The minimum Gasteiger partial charge on any atom is -0.395 e. The third-order valence-corrected chi connectivity index (χ3v) is 3.59. The third kappa shape index (κ3) is 9.26. The van der Waals surface area contributed by atoms with E-state index in [1.807, 2.05) is 60.7 Å². The molecule has 0 aliphatic heterocycles. The fraction of sp³-hybridized carbons (Fsp3) is 0.333. The SMILES string of the molecule is ClC(COCc1ccccc1)O[B]OC(Cl)COCc1ccccc1. The molecule has 0 bridgehead atoms. The van der Waals surface area contributed by atoms with Crippen LogP contribution in [0.25, 0.3) is 0 Å². The first-order valence-electron chi connectivity index (χ1n) is 7.88. The van der Waals surface area contributed by atoms with E-state index in [4.69, 9.17) is 42.0 Å². The zero-order chi connectivity index (χ0) is 17.7. The average Bonchev–Trinajstić information content (AvgIpc) is 2.63. The second-order valence-corrected chi connectivity index (χ2v) is 6.16. The summed E-state index contributed by atoms with van der Waals surface area (Å²) in [5.41, 5.74) is 0.835. The van der Waals surface area contributed by atoms with Crippen molar-refractivity contribution >= 4 is 30.9 Å². The van der Waals surface area contributed by atoms with Crippen LogP contribution in [-0.2, 0) is 32.0 Å². The van der Waals surface area contributed by atoms with Gasteiger partial charge in [0.05, 0.1) is 26.4 Å². The molecule has 0 saturated heterocycles. The first-order valence-corrected chi connectivity index (χ1v) is 8.75. The van der Waals surface area contributed by atoms with Gasteiger partial charge in [0.15, 0.2) is 0 Å². The molecule has 0 amide bonds. The lowest BCUT2D eigenvalue weighted by Gasteiger charge is -2.14. The molecular formula is C18H20BCl2O4. The zero-order valence-corrected chi connectivity index (χ0v) is 15.2. The Morgan fingerprint density at radius 1 is 0.680 bits per heavy atom. The molecule has 4 nitrogen and oxygen atoms in total. The summed E-state index contributed by atoms with van der Waals surface area (Å²) in [7, 11) is 1.12. The lowest BCUT2D eigenvalue weighted by atomic mass is 10.2. The van der Waals surface area contributed by atoms with Crippen molar-refractivity contribution in [3.63, 3.8) is 0 Å². The predicted octanol–water partition coefficient (Wildman–Crippen LogP) is 4.12. The molecule has 7 heteroatoms. The number of hydrogen-bond donors (Lipinski definition) is 0. The summed E-state index contributed by atoms with van der Waals surface area (Å²) in [6.07, 6.45) is 0. The van der Waals surface area contributed by atoms with Crippen molar-refractivity contribution in [2.75, 3.05) is 13.2 Å². The summed E-state index contributed by atoms with van der Waals surface area (Å²) in [5.74, 6) is 0. The summed E-state index contributed by atoms with van der Waals surface area (Å²) in [4.78, 5) is 0. The number of hydrogen-bond acceptors (Lipinski definition) is 4. The molecule has 0 saturated carbocycles. The number of rotatable bonds is 12. The molecular weight excluding hydrogens is 362 g/mol. The Hall–Kier alpha value is -1.08. The molecule has 0 heterocycles. The molecule has 133 valence electrons. The van der Waals surface area contributed by atoms with Gasteiger partial charge in [0.1, 0.15) is 11.1 Å². The highest BCUT2D eigenvalue weighted by atomic mass is 35.5. The Morgan fingerprint density at radius 2 is 1.08 bits per heavy atom. The van der Waals surface area contributed by atoms with E-state index in [0.29, 0.717) is 13.2 Å². The van der Waals surface area contributed by atoms with E-state index in [1.54, 1.807) is 0 Å². The highest BCUT2D eigenvalue weighted by molar-refractivity contribution is 6.27. The van der Waals surface area contributed by atoms with E-state index in [9.17, 15) is 0 Å². The fourth-order valence-corrected chi connectivity index (χ4v) is 2.18. The van der Waals surface area contributed by atoms with Crippen LogP contribution < -0.4 is 0 Å². The molecule has 2 atom stereocenters. The van der Waals surface area contributed by atoms with Gasteiger partial charge in [0.25, 0.3) is 0 Å².